The molecule has 2 aliphatic rings. The Hall–Kier alpha value is -2.59. The van der Waals surface area contributed by atoms with Gasteiger partial charge >= 0.3 is 11.9 Å². The van der Waals surface area contributed by atoms with Crippen molar-refractivity contribution in [3.05, 3.63) is 12.2 Å². The van der Waals surface area contributed by atoms with Gasteiger partial charge in [0, 0.05) is 38.5 Å². The lowest BCUT2D eigenvalue weighted by atomic mass is 9.83. The Bertz CT molecular complexity index is 700. The van der Waals surface area contributed by atoms with Gasteiger partial charge in [0.05, 0.1) is 0 Å². The highest BCUT2D eigenvalue weighted by molar-refractivity contribution is 5.98. The van der Waals surface area contributed by atoms with Gasteiger partial charge in [0.2, 0.25) is 11.8 Å². The minimum atomic E-state index is -1.18. The minimum Gasteiger partial charge on any atom is -0.461 e. The molecule has 160 valence electrons. The number of imide groups is 1. The third-order valence-corrected chi connectivity index (χ3v) is 4.85. The van der Waals surface area contributed by atoms with Crippen LogP contribution in [0.4, 0.5) is 0 Å². The van der Waals surface area contributed by atoms with E-state index >= 15 is 0 Å². The van der Waals surface area contributed by atoms with Gasteiger partial charge in [-0.05, 0) is 5.57 Å². The number of piperidine rings is 1. The maximum absolute atomic E-state index is 13.0. The molecule has 2 rings (SSSR count). The largest absolute Gasteiger partial charge is 0.461 e. The molecule has 4 atom stereocenters. The van der Waals surface area contributed by atoms with Crippen molar-refractivity contribution in [3.63, 3.8) is 0 Å². The average Bonchev–Trinajstić information content (AvgIpc) is 2.63. The van der Waals surface area contributed by atoms with Gasteiger partial charge in [-0.25, -0.2) is 0 Å². The maximum atomic E-state index is 13.0. The van der Waals surface area contributed by atoms with Crippen LogP contribution in [0.1, 0.15) is 33.6 Å². The highest BCUT2D eigenvalue weighted by Crippen LogP contribution is 2.31. The van der Waals surface area contributed by atoms with Crippen LogP contribution in [-0.2, 0) is 42.9 Å². The topological polar surface area (TPSA) is 134 Å². The first-order chi connectivity index (χ1) is 13.6. The van der Waals surface area contributed by atoms with E-state index < -0.39 is 59.7 Å². The van der Waals surface area contributed by atoms with E-state index in [0.717, 1.165) is 0 Å². The van der Waals surface area contributed by atoms with Crippen LogP contribution in [0.2, 0.25) is 0 Å². The molecule has 0 aromatic heterocycles. The van der Waals surface area contributed by atoms with E-state index in [9.17, 15) is 24.0 Å². The Morgan fingerprint density at radius 1 is 1.14 bits per heavy atom. The van der Waals surface area contributed by atoms with E-state index in [4.69, 9.17) is 18.9 Å². The lowest BCUT2D eigenvalue weighted by molar-refractivity contribution is -0.247. The standard InChI is InChI=1S/C19H25NO9/c1-9(7-26-11(3)21)10(2)16(25)18-19(29-12(4)22)17(27-8-28-18)13-5-14(23)20-15(24)6-13/h10,13,17-19H,1,5-8H2,2-4H3,(H,20,23,24). The molecule has 10 heteroatoms. The van der Waals surface area contributed by atoms with Crippen molar-refractivity contribution < 1.29 is 42.9 Å². The fourth-order valence-corrected chi connectivity index (χ4v) is 3.33. The summed E-state index contributed by atoms with van der Waals surface area (Å²) >= 11 is 0. The molecule has 0 aromatic carbocycles. The molecule has 10 nitrogen and oxygen atoms in total. The van der Waals surface area contributed by atoms with Crippen molar-refractivity contribution in [2.75, 3.05) is 13.4 Å². The third kappa shape index (κ3) is 5.94. The lowest BCUT2D eigenvalue weighted by Crippen LogP contribution is -2.57. The second-order valence-electron chi connectivity index (χ2n) is 7.11. The van der Waals surface area contributed by atoms with Gasteiger partial charge in [-0.3, -0.25) is 29.3 Å². The second kappa shape index (κ2) is 9.75. The molecule has 0 aromatic rings. The molecule has 0 spiro atoms. The van der Waals surface area contributed by atoms with Crippen molar-refractivity contribution in [2.45, 2.75) is 51.9 Å². The zero-order valence-corrected chi connectivity index (χ0v) is 16.6. The van der Waals surface area contributed by atoms with Crippen LogP contribution in [-0.4, -0.2) is 61.2 Å². The number of amides is 2. The Kier molecular flexibility index (Phi) is 7.63. The zero-order chi connectivity index (χ0) is 21.7. The Morgan fingerprint density at radius 3 is 2.31 bits per heavy atom. The van der Waals surface area contributed by atoms with Crippen molar-refractivity contribution >= 4 is 29.5 Å². The number of hydrogen-bond donors (Lipinski definition) is 1. The molecule has 2 amide bonds. The number of carbonyl (C=O) groups excluding carboxylic acids is 5. The molecular weight excluding hydrogens is 386 g/mol. The van der Waals surface area contributed by atoms with Crippen molar-refractivity contribution in [2.24, 2.45) is 11.8 Å². The van der Waals surface area contributed by atoms with E-state index in [0.29, 0.717) is 5.57 Å². The number of Topliss-reactive ketones (excluding diaryl/α,β-unsaturated/α-hetero) is 1. The van der Waals surface area contributed by atoms with Crippen LogP contribution >= 0.6 is 0 Å². The summed E-state index contributed by atoms with van der Waals surface area (Å²) in [6.07, 6.45) is -3.21. The molecule has 0 aliphatic carbocycles. The molecule has 0 saturated carbocycles. The fourth-order valence-electron chi connectivity index (χ4n) is 3.33. The van der Waals surface area contributed by atoms with Crippen LogP contribution in [0.3, 0.4) is 0 Å². The average molecular weight is 411 g/mol. The smallest absolute Gasteiger partial charge is 0.303 e. The Morgan fingerprint density at radius 2 is 1.76 bits per heavy atom. The van der Waals surface area contributed by atoms with E-state index in [2.05, 4.69) is 11.9 Å². The molecule has 2 aliphatic heterocycles. The van der Waals surface area contributed by atoms with Gasteiger partial charge in [0.25, 0.3) is 0 Å². The molecule has 1 N–H and O–H groups in total. The first-order valence-electron chi connectivity index (χ1n) is 9.18. The maximum Gasteiger partial charge on any atom is 0.303 e. The zero-order valence-electron chi connectivity index (χ0n) is 16.6. The highest BCUT2D eigenvalue weighted by Gasteiger charge is 2.48. The predicted octanol–water partition coefficient (Wildman–Crippen LogP) is 0.0369. The van der Waals surface area contributed by atoms with Gasteiger partial charge in [0.15, 0.2) is 18.0 Å². The van der Waals surface area contributed by atoms with Gasteiger partial charge in [-0.1, -0.05) is 13.5 Å². The number of rotatable bonds is 7. The van der Waals surface area contributed by atoms with Crippen LogP contribution in [0.25, 0.3) is 0 Å². The summed E-state index contributed by atoms with van der Waals surface area (Å²) in [7, 11) is 0. The lowest BCUT2D eigenvalue weighted by Gasteiger charge is -2.41. The van der Waals surface area contributed by atoms with E-state index in [-0.39, 0.29) is 26.2 Å². The summed E-state index contributed by atoms with van der Waals surface area (Å²) < 4.78 is 21.2. The summed E-state index contributed by atoms with van der Waals surface area (Å²) in [5.41, 5.74) is 0.352. The molecular formula is C19H25NO9. The van der Waals surface area contributed by atoms with E-state index in [1.807, 2.05) is 0 Å². The molecule has 2 fully saturated rings. The predicted molar refractivity (Wildman–Crippen MR) is 96.0 cm³/mol. The first-order valence-corrected chi connectivity index (χ1v) is 9.18. The van der Waals surface area contributed by atoms with Crippen LogP contribution < -0.4 is 5.32 Å². The highest BCUT2D eigenvalue weighted by atomic mass is 16.7. The van der Waals surface area contributed by atoms with Gasteiger partial charge in [-0.2, -0.15) is 0 Å². The number of esters is 2. The van der Waals surface area contributed by atoms with Crippen LogP contribution in [0, 0.1) is 11.8 Å². The van der Waals surface area contributed by atoms with Crippen molar-refractivity contribution in [3.8, 4) is 0 Å². The van der Waals surface area contributed by atoms with E-state index in [1.165, 1.54) is 13.8 Å². The van der Waals surface area contributed by atoms with Crippen molar-refractivity contribution in [1.82, 2.24) is 5.32 Å². The molecule has 2 saturated heterocycles. The SMILES string of the molecule is C=C(COC(C)=O)C(C)C(=O)C1OCOC(C2CC(=O)NC(=O)C2)C1OC(C)=O. The normalized spacial score (nSPS) is 26.2. The van der Waals surface area contributed by atoms with Gasteiger partial charge in [-0.15, -0.1) is 0 Å². The fraction of sp³-hybridized carbons (Fsp3) is 0.632. The second-order valence-corrected chi connectivity index (χ2v) is 7.11. The number of ketones is 1. The molecule has 4 unspecified atom stereocenters. The molecule has 2 heterocycles. The number of carbonyl (C=O) groups is 5. The summed E-state index contributed by atoms with van der Waals surface area (Å²) in [6, 6.07) is 0. The van der Waals surface area contributed by atoms with E-state index in [1.54, 1.807) is 6.92 Å². The van der Waals surface area contributed by atoms with Gasteiger partial charge < -0.3 is 18.9 Å². The summed E-state index contributed by atoms with van der Waals surface area (Å²) in [5.74, 6) is -3.86. The van der Waals surface area contributed by atoms with Crippen LogP contribution in [0.15, 0.2) is 12.2 Å². The van der Waals surface area contributed by atoms with Gasteiger partial charge in [0.1, 0.15) is 19.5 Å². The minimum absolute atomic E-state index is 0.0101. The Labute approximate surface area is 167 Å². The third-order valence-electron chi connectivity index (χ3n) is 4.85. The van der Waals surface area contributed by atoms with Crippen molar-refractivity contribution in [1.29, 1.82) is 0 Å². The number of ether oxygens (including phenoxy) is 4. The molecule has 0 bridgehead atoms. The quantitative estimate of drug-likeness (QED) is 0.350. The summed E-state index contributed by atoms with van der Waals surface area (Å²) in [6.45, 7) is 7.35. The summed E-state index contributed by atoms with van der Waals surface area (Å²) in [5, 5.41) is 2.20. The monoisotopic (exact) mass is 411 g/mol. The Balaban J connectivity index is 2.20. The van der Waals surface area contributed by atoms with Crippen LogP contribution in [0.5, 0.6) is 0 Å². The first kappa shape index (κ1) is 22.7. The number of nitrogens with one attached hydrogen (secondary N) is 1. The molecule has 0 radical (unpaired) electrons. The molecule has 29 heavy (non-hydrogen) atoms. The summed E-state index contributed by atoms with van der Waals surface area (Å²) in [4.78, 5) is 59.1. The number of hydrogen-bond acceptors (Lipinski definition) is 9.